The van der Waals surface area contributed by atoms with Crippen molar-refractivity contribution in [2.45, 2.75) is 58.5 Å². The van der Waals surface area contributed by atoms with Crippen LogP contribution in [-0.4, -0.2) is 24.0 Å². The number of rotatable bonds is 6. The maximum Gasteiger partial charge on any atom is 0.0596 e. The molecule has 2 heterocycles. The molecule has 2 rings (SSSR count). The van der Waals surface area contributed by atoms with Gasteiger partial charge in [0.25, 0.3) is 0 Å². The van der Waals surface area contributed by atoms with Crippen molar-refractivity contribution < 1.29 is 0 Å². The zero-order chi connectivity index (χ0) is 13.8. The molecule has 0 radical (unpaired) electrons. The van der Waals surface area contributed by atoms with Gasteiger partial charge in [0.2, 0.25) is 0 Å². The Balaban J connectivity index is 2.13. The number of thiophene rings is 1. The third-order valence-electron chi connectivity index (χ3n) is 4.45. The molecule has 0 spiro atoms. The summed E-state index contributed by atoms with van der Waals surface area (Å²) in [4.78, 5) is 4.14. The van der Waals surface area contributed by atoms with Crippen LogP contribution in [0.25, 0.3) is 0 Å². The highest BCUT2D eigenvalue weighted by atomic mass is 32.1. The molecule has 1 aliphatic heterocycles. The fraction of sp³-hybridized carbons (Fsp3) is 0.750. The Morgan fingerprint density at radius 3 is 2.84 bits per heavy atom. The zero-order valence-corrected chi connectivity index (χ0v) is 13.4. The molecule has 1 aliphatic rings. The molecule has 0 aromatic carbocycles. The molecule has 2 nitrogen and oxygen atoms in total. The van der Waals surface area contributed by atoms with Gasteiger partial charge in [0.1, 0.15) is 0 Å². The van der Waals surface area contributed by atoms with Crippen LogP contribution in [0.5, 0.6) is 0 Å². The van der Waals surface area contributed by atoms with Crippen molar-refractivity contribution in [3.8, 4) is 0 Å². The van der Waals surface area contributed by atoms with Crippen LogP contribution >= 0.6 is 11.3 Å². The van der Waals surface area contributed by atoms with E-state index in [1.165, 1.54) is 42.8 Å². The van der Waals surface area contributed by atoms with E-state index in [0.29, 0.717) is 6.04 Å². The lowest BCUT2D eigenvalue weighted by Gasteiger charge is -2.32. The van der Waals surface area contributed by atoms with Crippen LogP contribution in [0.1, 0.15) is 56.0 Å². The lowest BCUT2D eigenvalue weighted by molar-refractivity contribution is 0.203. The predicted molar refractivity (Wildman–Crippen MR) is 84.7 cm³/mol. The van der Waals surface area contributed by atoms with Crippen molar-refractivity contribution in [3.05, 3.63) is 21.9 Å². The quantitative estimate of drug-likeness (QED) is 0.854. The number of nitrogens with zero attached hydrogens (tertiary/aromatic N) is 1. The van der Waals surface area contributed by atoms with Crippen LogP contribution in [0, 0.1) is 12.8 Å². The molecule has 0 bridgehead atoms. The molecule has 108 valence electrons. The van der Waals surface area contributed by atoms with E-state index in [1.807, 2.05) is 11.3 Å². The van der Waals surface area contributed by atoms with Gasteiger partial charge in [-0.1, -0.05) is 20.3 Å². The minimum atomic E-state index is 0.262. The monoisotopic (exact) mass is 280 g/mol. The first-order valence-electron chi connectivity index (χ1n) is 7.71. The van der Waals surface area contributed by atoms with Gasteiger partial charge >= 0.3 is 0 Å². The number of aryl methyl sites for hydroxylation is 1. The topological polar surface area (TPSA) is 29.3 Å². The fourth-order valence-corrected chi connectivity index (χ4v) is 4.44. The first-order chi connectivity index (χ1) is 9.17. The zero-order valence-electron chi connectivity index (χ0n) is 12.6. The molecule has 0 amide bonds. The van der Waals surface area contributed by atoms with E-state index >= 15 is 0 Å². The number of hydrogen-bond acceptors (Lipinski definition) is 3. The molecule has 1 aromatic rings. The predicted octanol–water partition coefficient (Wildman–Crippen LogP) is 3.96. The molecular weight excluding hydrogens is 252 g/mol. The molecule has 1 fully saturated rings. The van der Waals surface area contributed by atoms with Gasteiger partial charge in [-0.05, 0) is 55.7 Å². The Labute approximate surface area is 122 Å². The standard InChI is InChI=1S/C16H28N2S/c1-4-6-13-7-9-18(11-13)15(14(17)5-2)16-12(3)8-10-19-16/h8,10,13-15H,4-7,9,11,17H2,1-3H3. The Bertz CT molecular complexity index is 388. The second kappa shape index (κ2) is 6.87. The summed E-state index contributed by atoms with van der Waals surface area (Å²) in [6.07, 6.45) is 5.08. The highest BCUT2D eigenvalue weighted by molar-refractivity contribution is 7.10. The molecule has 1 saturated heterocycles. The van der Waals surface area contributed by atoms with Gasteiger partial charge in [0.15, 0.2) is 0 Å². The van der Waals surface area contributed by atoms with Gasteiger partial charge in [-0.15, -0.1) is 11.3 Å². The van der Waals surface area contributed by atoms with Crippen molar-refractivity contribution in [3.63, 3.8) is 0 Å². The van der Waals surface area contributed by atoms with E-state index in [2.05, 4.69) is 37.1 Å². The summed E-state index contributed by atoms with van der Waals surface area (Å²) in [5, 5.41) is 2.21. The van der Waals surface area contributed by atoms with Gasteiger partial charge in [-0.3, -0.25) is 4.90 Å². The van der Waals surface area contributed by atoms with E-state index in [0.717, 1.165) is 12.3 Å². The number of likely N-dealkylation sites (tertiary alicyclic amines) is 1. The maximum atomic E-state index is 6.44. The Kier molecular flexibility index (Phi) is 5.43. The summed E-state index contributed by atoms with van der Waals surface area (Å²) in [6.45, 7) is 9.19. The molecule has 2 N–H and O–H groups in total. The normalized spacial score (nSPS) is 23.7. The fourth-order valence-electron chi connectivity index (χ4n) is 3.30. The smallest absolute Gasteiger partial charge is 0.0596 e. The lowest BCUT2D eigenvalue weighted by atomic mass is 10.0. The minimum Gasteiger partial charge on any atom is -0.326 e. The van der Waals surface area contributed by atoms with Crippen LogP contribution in [-0.2, 0) is 0 Å². The van der Waals surface area contributed by atoms with E-state index in [9.17, 15) is 0 Å². The number of hydrogen-bond donors (Lipinski definition) is 1. The van der Waals surface area contributed by atoms with Gasteiger partial charge in [0, 0.05) is 17.5 Å². The minimum absolute atomic E-state index is 0.262. The molecular formula is C16H28N2S. The van der Waals surface area contributed by atoms with E-state index in [4.69, 9.17) is 5.73 Å². The molecule has 3 heteroatoms. The van der Waals surface area contributed by atoms with Gasteiger partial charge < -0.3 is 5.73 Å². The summed E-state index contributed by atoms with van der Waals surface area (Å²) in [6, 6.07) is 2.93. The summed E-state index contributed by atoms with van der Waals surface area (Å²) >= 11 is 1.88. The highest BCUT2D eigenvalue weighted by Gasteiger charge is 2.33. The SMILES string of the molecule is CCCC1CCN(C(c2sccc2C)C(N)CC)C1. The second-order valence-electron chi connectivity index (χ2n) is 5.92. The van der Waals surface area contributed by atoms with Crippen molar-refractivity contribution in [1.29, 1.82) is 0 Å². The third kappa shape index (κ3) is 3.39. The van der Waals surface area contributed by atoms with Gasteiger partial charge in [-0.25, -0.2) is 0 Å². The average molecular weight is 280 g/mol. The van der Waals surface area contributed by atoms with Crippen LogP contribution < -0.4 is 5.73 Å². The van der Waals surface area contributed by atoms with Crippen molar-refractivity contribution >= 4 is 11.3 Å². The van der Waals surface area contributed by atoms with Crippen molar-refractivity contribution in [2.24, 2.45) is 11.7 Å². The lowest BCUT2D eigenvalue weighted by Crippen LogP contribution is -2.39. The summed E-state index contributed by atoms with van der Waals surface area (Å²) in [7, 11) is 0. The maximum absolute atomic E-state index is 6.44. The van der Waals surface area contributed by atoms with Crippen LogP contribution in [0.15, 0.2) is 11.4 Å². The highest BCUT2D eigenvalue weighted by Crippen LogP contribution is 2.36. The molecule has 3 unspecified atom stereocenters. The van der Waals surface area contributed by atoms with Gasteiger partial charge in [0.05, 0.1) is 6.04 Å². The van der Waals surface area contributed by atoms with Crippen LogP contribution in [0.4, 0.5) is 0 Å². The summed E-state index contributed by atoms with van der Waals surface area (Å²) in [5.74, 6) is 0.886. The summed E-state index contributed by atoms with van der Waals surface area (Å²) < 4.78 is 0. The second-order valence-corrected chi connectivity index (χ2v) is 6.87. The Hall–Kier alpha value is -0.380. The first kappa shape index (κ1) is 15.0. The largest absolute Gasteiger partial charge is 0.326 e. The van der Waals surface area contributed by atoms with Crippen LogP contribution in [0.2, 0.25) is 0 Å². The van der Waals surface area contributed by atoms with E-state index in [-0.39, 0.29) is 6.04 Å². The molecule has 0 aliphatic carbocycles. The average Bonchev–Trinajstić information content (AvgIpc) is 3.01. The van der Waals surface area contributed by atoms with Crippen LogP contribution in [0.3, 0.4) is 0 Å². The third-order valence-corrected chi connectivity index (χ3v) is 5.54. The molecule has 1 aromatic heterocycles. The molecule has 0 saturated carbocycles. The van der Waals surface area contributed by atoms with Crippen molar-refractivity contribution in [1.82, 2.24) is 4.90 Å². The Morgan fingerprint density at radius 1 is 1.47 bits per heavy atom. The molecule has 19 heavy (non-hydrogen) atoms. The summed E-state index contributed by atoms with van der Waals surface area (Å²) in [5.41, 5.74) is 7.86. The number of nitrogens with two attached hydrogens (primary N) is 1. The molecule has 3 atom stereocenters. The Morgan fingerprint density at radius 2 is 2.26 bits per heavy atom. The van der Waals surface area contributed by atoms with Gasteiger partial charge in [-0.2, -0.15) is 0 Å². The van der Waals surface area contributed by atoms with E-state index < -0.39 is 0 Å². The van der Waals surface area contributed by atoms with E-state index in [1.54, 1.807) is 0 Å². The first-order valence-corrected chi connectivity index (χ1v) is 8.58. The van der Waals surface area contributed by atoms with Crippen molar-refractivity contribution in [2.75, 3.05) is 13.1 Å².